The zero-order valence-corrected chi connectivity index (χ0v) is 21.8. The van der Waals surface area contributed by atoms with E-state index in [1.807, 2.05) is 55.6 Å². The number of ketones is 1. The van der Waals surface area contributed by atoms with E-state index in [0.717, 1.165) is 33.8 Å². The van der Waals surface area contributed by atoms with Crippen LogP contribution in [0.2, 0.25) is 0 Å². The highest BCUT2D eigenvalue weighted by molar-refractivity contribution is 5.97. The summed E-state index contributed by atoms with van der Waals surface area (Å²) in [6.07, 6.45) is 3.54. The number of ether oxygens (including phenoxy) is 1. The van der Waals surface area contributed by atoms with Gasteiger partial charge in [-0.25, -0.2) is 14.3 Å². The Bertz CT molecular complexity index is 1570. The zero-order chi connectivity index (χ0) is 27.1. The highest BCUT2D eigenvalue weighted by Crippen LogP contribution is 2.34. The molecule has 2 saturated heterocycles. The number of cyclic esters (lactones) is 1. The minimum atomic E-state index is -0.783. The van der Waals surface area contributed by atoms with Gasteiger partial charge in [-0.1, -0.05) is 36.4 Å². The minimum Gasteiger partial charge on any atom is -0.434 e. The summed E-state index contributed by atoms with van der Waals surface area (Å²) in [7, 11) is 0. The van der Waals surface area contributed by atoms with Gasteiger partial charge in [0.05, 0.1) is 35.4 Å². The third-order valence-corrected chi connectivity index (χ3v) is 7.55. The molecule has 0 radical (unpaired) electrons. The molecule has 0 bridgehead atoms. The average molecular weight is 525 g/mol. The molecule has 1 aromatic carbocycles. The smallest absolute Gasteiger partial charge is 0.408 e. The van der Waals surface area contributed by atoms with Gasteiger partial charge in [0.1, 0.15) is 0 Å². The van der Waals surface area contributed by atoms with Crippen LogP contribution in [0.3, 0.4) is 0 Å². The Kier molecular flexibility index (Phi) is 6.30. The summed E-state index contributed by atoms with van der Waals surface area (Å²) in [5.41, 5.74) is 6.37. The maximum Gasteiger partial charge on any atom is 0.408 e. The fraction of sp³-hybridized carbons (Fsp3) is 0.310. The van der Waals surface area contributed by atoms with Gasteiger partial charge in [-0.15, -0.1) is 0 Å². The lowest BCUT2D eigenvalue weighted by atomic mass is 9.88. The Hall–Kier alpha value is -4.60. The minimum absolute atomic E-state index is 0.00207. The second kappa shape index (κ2) is 9.94. The summed E-state index contributed by atoms with van der Waals surface area (Å²) < 4.78 is 6.79. The molecule has 10 nitrogen and oxygen atoms in total. The highest BCUT2D eigenvalue weighted by atomic mass is 16.6. The topological polar surface area (TPSA) is 119 Å². The third kappa shape index (κ3) is 4.52. The van der Waals surface area contributed by atoms with Gasteiger partial charge >= 0.3 is 6.09 Å². The molecule has 2 aliphatic heterocycles. The van der Waals surface area contributed by atoms with Crippen molar-refractivity contribution in [3.63, 3.8) is 0 Å². The molecular weight excluding hydrogens is 496 g/mol. The molecular formula is C29H28N6O4. The predicted molar refractivity (Wildman–Crippen MR) is 143 cm³/mol. The van der Waals surface area contributed by atoms with Crippen LogP contribution in [0.5, 0.6) is 0 Å². The largest absolute Gasteiger partial charge is 0.434 e. The van der Waals surface area contributed by atoms with Crippen molar-refractivity contribution in [3.8, 4) is 22.4 Å². The zero-order valence-electron chi connectivity index (χ0n) is 21.8. The first-order chi connectivity index (χ1) is 18.9. The number of pyridine rings is 1. The fourth-order valence-electron chi connectivity index (χ4n) is 5.53. The number of alkyl carbamates (subject to hydrolysis) is 1. The van der Waals surface area contributed by atoms with E-state index in [9.17, 15) is 14.4 Å². The predicted octanol–water partition coefficient (Wildman–Crippen LogP) is 3.78. The lowest BCUT2D eigenvalue weighted by molar-refractivity contribution is -0.139. The number of carbonyl (C=O) groups is 3. The molecule has 10 heteroatoms. The lowest BCUT2D eigenvalue weighted by Gasteiger charge is -2.33. The van der Waals surface area contributed by atoms with Gasteiger partial charge in [-0.3, -0.25) is 14.6 Å². The number of piperidine rings is 1. The molecule has 0 aliphatic carbocycles. The van der Waals surface area contributed by atoms with Crippen LogP contribution in [0.1, 0.15) is 47.4 Å². The number of carbonyl (C=O) groups excluding carboxylic acids is 3. The summed E-state index contributed by atoms with van der Waals surface area (Å²) in [6.45, 7) is 4.63. The van der Waals surface area contributed by atoms with Crippen molar-refractivity contribution in [2.75, 3.05) is 19.6 Å². The number of hydrogen-bond donors (Lipinski definition) is 1. The van der Waals surface area contributed by atoms with Gasteiger partial charge in [0, 0.05) is 41.9 Å². The van der Waals surface area contributed by atoms with Crippen molar-refractivity contribution in [2.24, 2.45) is 0 Å². The van der Waals surface area contributed by atoms with E-state index in [2.05, 4.69) is 15.4 Å². The SMILES string of the molecule is CC(=O)c1c(C2CCN(C(=O)C3CNC(=O)O3)CC2)nc2c(-c3ccc(-c4ccccc4)nc3)cnn2c1C. The quantitative estimate of drug-likeness (QED) is 0.395. The summed E-state index contributed by atoms with van der Waals surface area (Å²) in [5, 5.41) is 7.09. The van der Waals surface area contributed by atoms with Crippen LogP contribution in [-0.4, -0.2) is 68.0 Å². The summed E-state index contributed by atoms with van der Waals surface area (Å²) >= 11 is 0. The Labute approximate surface area is 225 Å². The van der Waals surface area contributed by atoms with Crippen molar-refractivity contribution in [1.82, 2.24) is 29.8 Å². The normalized spacial score (nSPS) is 17.7. The molecule has 3 aromatic heterocycles. The Morgan fingerprint density at radius 3 is 2.44 bits per heavy atom. The first-order valence-electron chi connectivity index (χ1n) is 13.0. The number of aryl methyl sites for hydroxylation is 1. The molecule has 4 aromatic rings. The molecule has 2 aliphatic rings. The number of benzene rings is 1. The molecule has 39 heavy (non-hydrogen) atoms. The van der Waals surface area contributed by atoms with Crippen LogP contribution in [0.25, 0.3) is 28.0 Å². The molecule has 1 unspecified atom stereocenters. The summed E-state index contributed by atoms with van der Waals surface area (Å²) in [5.74, 6) is -0.254. The van der Waals surface area contributed by atoms with Crippen molar-refractivity contribution in [1.29, 1.82) is 0 Å². The number of amides is 2. The van der Waals surface area contributed by atoms with E-state index in [1.165, 1.54) is 0 Å². The van der Waals surface area contributed by atoms with Crippen LogP contribution in [0.4, 0.5) is 4.79 Å². The van der Waals surface area contributed by atoms with Gasteiger partial charge < -0.3 is 15.0 Å². The Morgan fingerprint density at radius 2 is 1.79 bits per heavy atom. The maximum absolute atomic E-state index is 12.8. The Balaban J connectivity index is 1.30. The monoisotopic (exact) mass is 524 g/mol. The van der Waals surface area contributed by atoms with Crippen molar-refractivity contribution in [2.45, 2.75) is 38.7 Å². The van der Waals surface area contributed by atoms with E-state index >= 15 is 0 Å². The van der Waals surface area contributed by atoms with E-state index in [-0.39, 0.29) is 24.2 Å². The number of rotatable bonds is 5. The lowest BCUT2D eigenvalue weighted by Crippen LogP contribution is -2.45. The van der Waals surface area contributed by atoms with E-state index in [4.69, 9.17) is 9.72 Å². The van der Waals surface area contributed by atoms with Crippen molar-refractivity contribution in [3.05, 3.63) is 71.8 Å². The van der Waals surface area contributed by atoms with Crippen molar-refractivity contribution < 1.29 is 19.1 Å². The number of nitrogens with one attached hydrogen (secondary N) is 1. The summed E-state index contributed by atoms with van der Waals surface area (Å²) in [4.78, 5) is 48.3. The molecule has 2 amide bonds. The van der Waals surface area contributed by atoms with E-state index in [1.54, 1.807) is 22.5 Å². The molecule has 1 atom stereocenters. The molecule has 0 saturated carbocycles. The second-order valence-corrected chi connectivity index (χ2v) is 9.98. The van der Waals surface area contributed by atoms with Gasteiger partial charge in [-0.2, -0.15) is 5.10 Å². The third-order valence-electron chi connectivity index (χ3n) is 7.55. The number of likely N-dealkylation sites (tertiary alicyclic amines) is 1. The fourth-order valence-corrected chi connectivity index (χ4v) is 5.53. The summed E-state index contributed by atoms with van der Waals surface area (Å²) in [6, 6.07) is 14.0. The number of Topliss-reactive ketones (excluding diaryl/α,β-unsaturated/α-hetero) is 1. The van der Waals surface area contributed by atoms with Crippen LogP contribution < -0.4 is 5.32 Å². The molecule has 6 rings (SSSR count). The molecule has 5 heterocycles. The average Bonchev–Trinajstić information content (AvgIpc) is 3.59. The number of fused-ring (bicyclic) bond motifs is 1. The second-order valence-electron chi connectivity index (χ2n) is 9.98. The molecule has 2 fully saturated rings. The van der Waals surface area contributed by atoms with Gasteiger partial charge in [-0.05, 0) is 32.8 Å². The highest BCUT2D eigenvalue weighted by Gasteiger charge is 2.36. The number of hydrogen-bond acceptors (Lipinski definition) is 7. The number of aromatic nitrogens is 4. The Morgan fingerprint density at radius 1 is 1.03 bits per heavy atom. The molecule has 0 spiro atoms. The molecule has 1 N–H and O–H groups in total. The van der Waals surface area contributed by atoms with Gasteiger partial charge in [0.2, 0.25) is 0 Å². The van der Waals surface area contributed by atoms with Gasteiger partial charge in [0.15, 0.2) is 17.5 Å². The standard InChI is InChI=1S/C29H28N6O4/c1-17-25(18(2)36)26(20-10-12-34(13-11-20)28(37)24-16-31-29(38)39-24)33-27-22(15-32-35(17)27)21-8-9-23(30-14-21)19-6-4-3-5-7-19/h3-9,14-15,20,24H,10-13,16H2,1-2H3,(H,31,38). The van der Waals surface area contributed by atoms with Crippen molar-refractivity contribution >= 4 is 23.4 Å². The van der Waals surface area contributed by atoms with E-state index in [0.29, 0.717) is 37.1 Å². The molecule has 198 valence electrons. The first-order valence-corrected chi connectivity index (χ1v) is 13.0. The first kappa shape index (κ1) is 24.7. The van der Waals surface area contributed by atoms with Crippen LogP contribution >= 0.6 is 0 Å². The van der Waals surface area contributed by atoms with Crippen LogP contribution in [0.15, 0.2) is 54.9 Å². The van der Waals surface area contributed by atoms with Crippen LogP contribution in [-0.2, 0) is 9.53 Å². The maximum atomic E-state index is 12.8. The van der Waals surface area contributed by atoms with E-state index < -0.39 is 12.2 Å². The van der Waals surface area contributed by atoms with Crippen LogP contribution in [0, 0.1) is 6.92 Å². The number of nitrogens with zero attached hydrogens (tertiary/aromatic N) is 5. The van der Waals surface area contributed by atoms with Gasteiger partial charge in [0.25, 0.3) is 5.91 Å².